The molecule has 15 heteroatoms. The summed E-state index contributed by atoms with van der Waals surface area (Å²) in [5.41, 5.74) is 10.0. The van der Waals surface area contributed by atoms with Gasteiger partial charge in [-0.15, -0.1) is 0 Å². The van der Waals surface area contributed by atoms with E-state index < -0.39 is 35.0 Å². The van der Waals surface area contributed by atoms with Crippen molar-refractivity contribution in [2.24, 2.45) is 0 Å². The van der Waals surface area contributed by atoms with Gasteiger partial charge in [-0.3, -0.25) is 4.90 Å². The number of alkyl halides is 4. The van der Waals surface area contributed by atoms with Crippen molar-refractivity contribution >= 4 is 39.8 Å². The highest BCUT2D eigenvalue weighted by molar-refractivity contribution is 6.36. The van der Waals surface area contributed by atoms with E-state index in [-0.39, 0.29) is 57.6 Å². The van der Waals surface area contributed by atoms with Crippen LogP contribution in [-0.4, -0.2) is 64.9 Å². The van der Waals surface area contributed by atoms with Crippen LogP contribution in [0.25, 0.3) is 22.2 Å². The Hall–Kier alpha value is -4.17. The van der Waals surface area contributed by atoms with Crippen LogP contribution in [0.1, 0.15) is 55.8 Å². The standard InChI is InChI=1S/C27H25ClF4N6O2.C7H12FN/c1-11-8-16(33)36-23(20(11)27(30,31)32)19-21(28)25-18-15(9-17(39-4)37-24(18)22(19)29)38(12(2)10-40-25)13(3)14-6-5-7-35-26(14)34;8-6-4-7-2-1-3-9(7)5-6/h5-9,12-13H,10H2,1-4H3,(H2,33,36)(H2,34,35);6-7H,1-5H2/t12-,13?;/m0./s1. The minimum atomic E-state index is -4.88. The number of hydrogen-bond donors (Lipinski definition) is 2. The van der Waals surface area contributed by atoms with Crippen molar-refractivity contribution in [1.82, 2.24) is 19.9 Å². The lowest BCUT2D eigenvalue weighted by Crippen LogP contribution is -2.38. The maximum atomic E-state index is 16.5. The molecule has 2 fully saturated rings. The van der Waals surface area contributed by atoms with Crippen molar-refractivity contribution in [3.05, 3.63) is 58.0 Å². The van der Waals surface area contributed by atoms with E-state index in [9.17, 15) is 17.6 Å². The molecule has 3 aliphatic rings. The van der Waals surface area contributed by atoms with Gasteiger partial charge in [-0.2, -0.15) is 13.2 Å². The molecule has 2 saturated heterocycles. The molecule has 0 amide bonds. The zero-order valence-corrected chi connectivity index (χ0v) is 28.2. The van der Waals surface area contributed by atoms with E-state index in [1.807, 2.05) is 24.8 Å². The Bertz CT molecular complexity index is 1880. The van der Waals surface area contributed by atoms with Crippen molar-refractivity contribution in [3.63, 3.8) is 0 Å². The molecule has 6 heterocycles. The maximum Gasteiger partial charge on any atom is 0.418 e. The van der Waals surface area contributed by atoms with Crippen molar-refractivity contribution in [1.29, 1.82) is 0 Å². The largest absolute Gasteiger partial charge is 0.489 e. The lowest BCUT2D eigenvalue weighted by atomic mass is 9.97. The van der Waals surface area contributed by atoms with Crippen LogP contribution in [0.5, 0.6) is 11.6 Å². The molecule has 0 saturated carbocycles. The Morgan fingerprint density at radius 1 is 1.18 bits per heavy atom. The second-order valence-electron chi connectivity index (χ2n) is 12.7. The van der Waals surface area contributed by atoms with E-state index in [1.54, 1.807) is 18.3 Å². The van der Waals surface area contributed by atoms with Crippen LogP contribution in [0.4, 0.5) is 39.3 Å². The van der Waals surface area contributed by atoms with Crippen molar-refractivity contribution in [2.75, 3.05) is 43.2 Å². The van der Waals surface area contributed by atoms with Crippen molar-refractivity contribution in [3.8, 4) is 22.9 Å². The summed E-state index contributed by atoms with van der Waals surface area (Å²) in [6.07, 6.45) is -0.494. The Balaban J connectivity index is 0.000000396. The predicted octanol–water partition coefficient (Wildman–Crippen LogP) is 7.53. The number of aryl methyl sites for hydroxylation is 1. The summed E-state index contributed by atoms with van der Waals surface area (Å²) in [6, 6.07) is 6.13. The van der Waals surface area contributed by atoms with Crippen LogP contribution >= 0.6 is 11.6 Å². The van der Waals surface area contributed by atoms with Gasteiger partial charge in [-0.1, -0.05) is 17.7 Å². The van der Waals surface area contributed by atoms with Gasteiger partial charge in [0.2, 0.25) is 5.88 Å². The molecule has 0 bridgehead atoms. The summed E-state index contributed by atoms with van der Waals surface area (Å²) in [5.74, 6) is -1.05. The molecule has 4 aromatic rings. The molecule has 0 spiro atoms. The number of rotatable bonds is 4. The van der Waals surface area contributed by atoms with Crippen LogP contribution in [0.3, 0.4) is 0 Å². The molecule has 49 heavy (non-hydrogen) atoms. The highest BCUT2D eigenvalue weighted by atomic mass is 35.5. The van der Waals surface area contributed by atoms with E-state index in [0.29, 0.717) is 29.7 Å². The Kier molecular flexibility index (Phi) is 9.40. The average Bonchev–Trinajstić information content (AvgIpc) is 3.57. The summed E-state index contributed by atoms with van der Waals surface area (Å²) in [4.78, 5) is 16.5. The number of nitrogens with two attached hydrogens (primary N) is 2. The van der Waals surface area contributed by atoms with Gasteiger partial charge >= 0.3 is 6.18 Å². The fraction of sp³-hybridized carbons (Fsp3) is 0.441. The van der Waals surface area contributed by atoms with Crippen LogP contribution in [0, 0.1) is 12.7 Å². The van der Waals surface area contributed by atoms with E-state index in [0.717, 1.165) is 19.0 Å². The summed E-state index contributed by atoms with van der Waals surface area (Å²) in [7, 11) is 1.35. The lowest BCUT2D eigenvalue weighted by molar-refractivity contribution is -0.137. The van der Waals surface area contributed by atoms with Gasteiger partial charge in [-0.05, 0) is 64.3 Å². The minimum Gasteiger partial charge on any atom is -0.489 e. The molecule has 3 aliphatic heterocycles. The first kappa shape index (κ1) is 34.7. The number of pyridine rings is 3. The van der Waals surface area contributed by atoms with Crippen LogP contribution in [-0.2, 0) is 6.18 Å². The smallest absolute Gasteiger partial charge is 0.418 e. The molecule has 0 radical (unpaired) electrons. The second-order valence-corrected chi connectivity index (χ2v) is 13.0. The zero-order chi connectivity index (χ0) is 35.4. The monoisotopic (exact) mass is 705 g/mol. The number of halogens is 6. The first-order valence-electron chi connectivity index (χ1n) is 15.9. The molecule has 3 unspecified atom stereocenters. The molecule has 4 N–H and O–H groups in total. The highest BCUT2D eigenvalue weighted by Crippen LogP contribution is 2.52. The number of nitrogen functional groups attached to an aromatic ring is 2. The molecular weight excluding hydrogens is 669 g/mol. The number of methoxy groups -OCH3 is 1. The van der Waals surface area contributed by atoms with Gasteiger partial charge < -0.3 is 25.8 Å². The van der Waals surface area contributed by atoms with E-state index >= 15 is 4.39 Å². The number of aromatic nitrogens is 3. The van der Waals surface area contributed by atoms with Gasteiger partial charge in [0.1, 0.15) is 35.7 Å². The van der Waals surface area contributed by atoms with Gasteiger partial charge in [0.15, 0.2) is 5.82 Å². The number of fused-ring (bicyclic) bond motifs is 1. The number of anilines is 3. The predicted molar refractivity (Wildman–Crippen MR) is 179 cm³/mol. The summed E-state index contributed by atoms with van der Waals surface area (Å²) in [6.45, 7) is 6.90. The highest BCUT2D eigenvalue weighted by Gasteiger charge is 2.40. The third-order valence-electron chi connectivity index (χ3n) is 9.43. The average molecular weight is 706 g/mol. The molecular formula is C34H37ClF5N7O2. The maximum absolute atomic E-state index is 16.5. The first-order valence-corrected chi connectivity index (χ1v) is 16.3. The summed E-state index contributed by atoms with van der Waals surface area (Å²) in [5, 5.41) is -0.219. The fourth-order valence-corrected chi connectivity index (χ4v) is 7.61. The van der Waals surface area contributed by atoms with Crippen molar-refractivity contribution < 1.29 is 31.4 Å². The first-order chi connectivity index (χ1) is 23.2. The molecule has 3 aromatic heterocycles. The number of ether oxygens (including phenoxy) is 2. The second kappa shape index (κ2) is 13.3. The van der Waals surface area contributed by atoms with E-state index in [2.05, 4.69) is 19.9 Å². The lowest BCUT2D eigenvalue weighted by Gasteiger charge is -2.36. The minimum absolute atomic E-state index is 0.0267. The molecule has 0 aliphatic carbocycles. The molecule has 1 aromatic carbocycles. The third kappa shape index (κ3) is 6.36. The molecule has 7 rings (SSSR count). The third-order valence-corrected chi connectivity index (χ3v) is 9.79. The quantitative estimate of drug-likeness (QED) is 0.208. The fourth-order valence-electron chi connectivity index (χ4n) is 7.29. The van der Waals surface area contributed by atoms with Crippen LogP contribution < -0.4 is 25.8 Å². The van der Waals surface area contributed by atoms with E-state index in [1.165, 1.54) is 26.9 Å². The van der Waals surface area contributed by atoms with Crippen LogP contribution in [0.15, 0.2) is 30.5 Å². The summed E-state index contributed by atoms with van der Waals surface area (Å²) >= 11 is 6.70. The van der Waals surface area contributed by atoms with Gasteiger partial charge in [0, 0.05) is 30.4 Å². The van der Waals surface area contributed by atoms with Gasteiger partial charge in [0.05, 0.1) is 52.1 Å². The van der Waals surface area contributed by atoms with Gasteiger partial charge in [0.25, 0.3) is 0 Å². The van der Waals surface area contributed by atoms with Gasteiger partial charge in [-0.25, -0.2) is 23.7 Å². The van der Waals surface area contributed by atoms with E-state index in [4.69, 9.17) is 32.5 Å². The number of hydrogen-bond acceptors (Lipinski definition) is 9. The Morgan fingerprint density at radius 2 is 1.94 bits per heavy atom. The number of benzene rings is 1. The van der Waals surface area contributed by atoms with Crippen molar-refractivity contribution in [2.45, 2.75) is 70.5 Å². The zero-order valence-electron chi connectivity index (χ0n) is 27.4. The summed E-state index contributed by atoms with van der Waals surface area (Å²) < 4.78 is 83.1. The number of nitrogens with zero attached hydrogens (tertiary/aromatic N) is 5. The Labute approximate surface area is 285 Å². The molecule has 262 valence electrons. The topological polar surface area (TPSA) is 116 Å². The SMILES string of the molecule is COc1cc2c3c(c(Cl)c(-c4nc(N)cc(C)c4C(F)(F)F)c(F)c3n1)OC[C@H](C)N2C(C)c1cccnc1N.FC1CC2CCCN2C1. The molecule has 9 nitrogen and oxygen atoms in total. The normalized spacial score (nSPS) is 21.1. The molecule has 4 atom stereocenters. The Morgan fingerprint density at radius 3 is 2.61 bits per heavy atom. The van der Waals surface area contributed by atoms with Crippen LogP contribution in [0.2, 0.25) is 5.02 Å².